The van der Waals surface area contributed by atoms with E-state index in [1.807, 2.05) is 0 Å². The topological polar surface area (TPSA) is 147 Å². The molecule has 1 aromatic carbocycles. The highest BCUT2D eigenvalue weighted by Crippen LogP contribution is 2.66. The van der Waals surface area contributed by atoms with Gasteiger partial charge >= 0.3 is 6.03 Å². The molecule has 2 saturated heterocycles. The molecule has 6 amide bonds. The van der Waals surface area contributed by atoms with Crippen LogP contribution in [-0.4, -0.2) is 68.5 Å². The standard InChI is InChI=1S/C23H21Cl2N3O7/c1-27-19(32)22(24)8-11-9(6-7-10-14(11)18(31)28(17(10)30)21(26)34)16(23(22,25)20(27)33)15-12(29)4-3-5-13(15)35-2/h3-6,10-11,14,16,29H,7-8H2,1-2H3,(H2,26,34)/t10-,11+,14-,16+,22+,23-/m0/s1. The molecule has 2 heterocycles. The number of fused-ring (bicyclic) bond motifs is 4. The Morgan fingerprint density at radius 3 is 2.46 bits per heavy atom. The molecule has 3 fully saturated rings. The number of hydrogen-bond donors (Lipinski definition) is 2. The smallest absolute Gasteiger partial charge is 0.328 e. The summed E-state index contributed by atoms with van der Waals surface area (Å²) in [6.45, 7) is 0. The third kappa shape index (κ3) is 2.69. The Morgan fingerprint density at radius 1 is 1.14 bits per heavy atom. The Labute approximate surface area is 209 Å². The lowest BCUT2D eigenvalue weighted by Gasteiger charge is -2.50. The maximum atomic E-state index is 13.5. The van der Waals surface area contributed by atoms with Crippen LogP contribution in [0.5, 0.6) is 11.5 Å². The van der Waals surface area contributed by atoms with E-state index in [-0.39, 0.29) is 29.9 Å². The first-order chi connectivity index (χ1) is 16.4. The highest BCUT2D eigenvalue weighted by Gasteiger charge is 2.76. The third-order valence-corrected chi connectivity index (χ3v) is 9.20. The summed E-state index contributed by atoms with van der Waals surface area (Å²) in [5, 5.41) is 10.9. The van der Waals surface area contributed by atoms with Crippen LogP contribution in [0.1, 0.15) is 24.3 Å². The van der Waals surface area contributed by atoms with Crippen LogP contribution in [0, 0.1) is 17.8 Å². The van der Waals surface area contributed by atoms with E-state index in [2.05, 4.69) is 0 Å². The molecule has 5 rings (SSSR count). The van der Waals surface area contributed by atoms with Crippen LogP contribution in [0.4, 0.5) is 4.79 Å². The number of hydrogen-bond acceptors (Lipinski definition) is 7. The summed E-state index contributed by atoms with van der Waals surface area (Å²) in [6.07, 6.45) is 1.50. The van der Waals surface area contributed by atoms with E-state index in [0.717, 1.165) is 4.90 Å². The summed E-state index contributed by atoms with van der Waals surface area (Å²) >= 11 is 14.0. The molecule has 1 aromatic rings. The van der Waals surface area contributed by atoms with Gasteiger partial charge in [0, 0.05) is 18.5 Å². The molecule has 0 unspecified atom stereocenters. The average molecular weight is 522 g/mol. The van der Waals surface area contributed by atoms with Crippen LogP contribution >= 0.6 is 23.2 Å². The van der Waals surface area contributed by atoms with E-state index in [4.69, 9.17) is 33.7 Å². The number of methoxy groups -OCH3 is 1. The van der Waals surface area contributed by atoms with Gasteiger partial charge in [0.05, 0.1) is 18.9 Å². The minimum absolute atomic E-state index is 0.0670. The molecule has 10 nitrogen and oxygen atoms in total. The van der Waals surface area contributed by atoms with Crippen LogP contribution in [0.3, 0.4) is 0 Å². The summed E-state index contributed by atoms with van der Waals surface area (Å²) in [5.74, 6) is -7.04. The molecule has 0 radical (unpaired) electrons. The van der Waals surface area contributed by atoms with Gasteiger partial charge in [0.15, 0.2) is 9.75 Å². The quantitative estimate of drug-likeness (QED) is 0.340. The molecule has 1 saturated carbocycles. The molecule has 2 aliphatic carbocycles. The van der Waals surface area contributed by atoms with E-state index in [1.165, 1.54) is 26.3 Å². The second kappa shape index (κ2) is 7.44. The number of phenols is 1. The van der Waals surface area contributed by atoms with E-state index in [0.29, 0.717) is 10.5 Å². The number of allylic oxidation sites excluding steroid dienone is 2. The Hall–Kier alpha value is -3.11. The Bertz CT molecular complexity index is 1270. The van der Waals surface area contributed by atoms with Gasteiger partial charge in [0.1, 0.15) is 11.5 Å². The van der Waals surface area contributed by atoms with Crippen molar-refractivity contribution >= 4 is 52.9 Å². The number of carbonyl (C=O) groups excluding carboxylic acids is 5. The number of imide groups is 4. The molecule has 0 aromatic heterocycles. The third-order valence-electron chi connectivity index (χ3n) is 7.79. The zero-order chi connectivity index (χ0) is 25.6. The van der Waals surface area contributed by atoms with Crippen molar-refractivity contribution in [1.82, 2.24) is 9.80 Å². The lowest BCUT2D eigenvalue weighted by atomic mass is 9.56. The number of benzene rings is 1. The molecular formula is C23H21Cl2N3O7. The van der Waals surface area contributed by atoms with Crippen molar-refractivity contribution in [2.75, 3.05) is 14.2 Å². The normalized spacial score (nSPS) is 36.1. The van der Waals surface area contributed by atoms with Gasteiger partial charge in [0.2, 0.25) is 11.8 Å². The number of carbonyl (C=O) groups is 5. The molecule has 2 aliphatic heterocycles. The zero-order valence-corrected chi connectivity index (χ0v) is 20.2. The van der Waals surface area contributed by atoms with Crippen LogP contribution in [-0.2, 0) is 19.2 Å². The summed E-state index contributed by atoms with van der Waals surface area (Å²) in [5.41, 5.74) is 5.88. The minimum atomic E-state index is -2.06. The van der Waals surface area contributed by atoms with E-state index in [1.54, 1.807) is 12.1 Å². The maximum Gasteiger partial charge on any atom is 0.328 e. The van der Waals surface area contributed by atoms with E-state index in [9.17, 15) is 29.1 Å². The van der Waals surface area contributed by atoms with E-state index < -0.39 is 63.1 Å². The van der Waals surface area contributed by atoms with Gasteiger partial charge in [-0.2, -0.15) is 4.90 Å². The highest BCUT2D eigenvalue weighted by atomic mass is 35.5. The van der Waals surface area contributed by atoms with Crippen LogP contribution in [0.25, 0.3) is 0 Å². The number of primary amides is 1. The number of nitrogens with two attached hydrogens (primary N) is 1. The summed E-state index contributed by atoms with van der Waals surface area (Å²) in [6, 6.07) is 3.29. The van der Waals surface area contributed by atoms with Crippen molar-refractivity contribution < 1.29 is 33.8 Å². The molecule has 0 spiro atoms. The van der Waals surface area contributed by atoms with Crippen LogP contribution in [0.2, 0.25) is 0 Å². The lowest BCUT2D eigenvalue weighted by Crippen LogP contribution is -2.60. The fourth-order valence-corrected chi connectivity index (χ4v) is 7.28. The number of phenolic OH excluding ortho intramolecular Hbond substituents is 1. The number of ether oxygens (including phenoxy) is 1. The Kier molecular flexibility index (Phi) is 5.02. The summed E-state index contributed by atoms with van der Waals surface area (Å²) in [4.78, 5) is 61.9. The van der Waals surface area contributed by atoms with Gasteiger partial charge < -0.3 is 15.6 Å². The number of rotatable bonds is 2. The van der Waals surface area contributed by atoms with Gasteiger partial charge in [-0.05, 0) is 30.9 Å². The van der Waals surface area contributed by atoms with E-state index >= 15 is 0 Å². The molecule has 6 atom stereocenters. The molecule has 12 heteroatoms. The second-order valence-corrected chi connectivity index (χ2v) is 10.5. The van der Waals surface area contributed by atoms with Crippen molar-refractivity contribution in [2.45, 2.75) is 28.5 Å². The number of aromatic hydroxyl groups is 1. The molecule has 3 N–H and O–H groups in total. The van der Waals surface area contributed by atoms with Gasteiger partial charge in [-0.3, -0.25) is 24.1 Å². The van der Waals surface area contributed by atoms with Crippen molar-refractivity contribution in [3.8, 4) is 11.5 Å². The first-order valence-corrected chi connectivity index (χ1v) is 11.6. The predicted molar refractivity (Wildman–Crippen MR) is 122 cm³/mol. The van der Waals surface area contributed by atoms with Crippen LogP contribution in [0.15, 0.2) is 29.8 Å². The molecule has 184 valence electrons. The number of likely N-dealkylation sites (tertiary alicyclic amines) is 2. The molecule has 0 bridgehead atoms. The average Bonchev–Trinajstić information content (AvgIpc) is 3.14. The van der Waals surface area contributed by atoms with Crippen LogP contribution < -0.4 is 10.5 Å². The Morgan fingerprint density at radius 2 is 1.83 bits per heavy atom. The predicted octanol–water partition coefficient (Wildman–Crippen LogP) is 1.47. The number of halogens is 2. The number of amides is 6. The summed E-state index contributed by atoms with van der Waals surface area (Å²) < 4.78 is 5.46. The highest BCUT2D eigenvalue weighted by molar-refractivity contribution is 6.53. The number of nitrogens with zero attached hydrogens (tertiary/aromatic N) is 2. The van der Waals surface area contributed by atoms with Crippen molar-refractivity contribution in [2.24, 2.45) is 23.5 Å². The fraction of sp³-hybridized carbons (Fsp3) is 0.435. The monoisotopic (exact) mass is 521 g/mol. The van der Waals surface area contributed by atoms with Crippen molar-refractivity contribution in [3.63, 3.8) is 0 Å². The molecule has 4 aliphatic rings. The minimum Gasteiger partial charge on any atom is -0.508 e. The Balaban J connectivity index is 1.78. The zero-order valence-electron chi connectivity index (χ0n) is 18.7. The number of urea groups is 1. The number of alkyl halides is 2. The van der Waals surface area contributed by atoms with Crippen molar-refractivity contribution in [3.05, 3.63) is 35.4 Å². The first-order valence-electron chi connectivity index (χ1n) is 10.8. The van der Waals surface area contributed by atoms with Crippen molar-refractivity contribution in [1.29, 1.82) is 0 Å². The SMILES string of the molecule is COc1cccc(O)c1[C@H]1C2=CC[C@@H]3C(=O)N(C(N)=O)C(=O)[C@@H]3[C@@H]2C[C@@]2(Cl)C(=O)N(C)C(=O)[C@@]12Cl. The van der Waals surface area contributed by atoms with Gasteiger partial charge in [-0.1, -0.05) is 17.7 Å². The van der Waals surface area contributed by atoms with Gasteiger partial charge in [0.25, 0.3) is 11.8 Å². The molecule has 35 heavy (non-hydrogen) atoms. The van der Waals surface area contributed by atoms with Gasteiger partial charge in [-0.15, -0.1) is 23.2 Å². The largest absolute Gasteiger partial charge is 0.508 e. The van der Waals surface area contributed by atoms with Gasteiger partial charge in [-0.25, -0.2) is 4.79 Å². The maximum absolute atomic E-state index is 13.5. The molecular weight excluding hydrogens is 501 g/mol. The fourth-order valence-electron chi connectivity index (χ4n) is 6.28. The first kappa shape index (κ1) is 23.6. The lowest BCUT2D eigenvalue weighted by molar-refractivity contribution is -0.139. The summed E-state index contributed by atoms with van der Waals surface area (Å²) in [7, 11) is 2.63. The second-order valence-electron chi connectivity index (χ2n) is 9.24.